The van der Waals surface area contributed by atoms with Crippen LogP contribution in [0.1, 0.15) is 37.6 Å². The number of nitrogens with zero attached hydrogens (tertiary/aromatic N) is 2. The van der Waals surface area contributed by atoms with E-state index in [9.17, 15) is 14.4 Å². The highest BCUT2D eigenvalue weighted by atomic mass is 32.2. The minimum absolute atomic E-state index is 0.00683. The van der Waals surface area contributed by atoms with Crippen LogP contribution >= 0.6 is 35.5 Å². The molecule has 0 N–H and O–H groups in total. The molecule has 7 nitrogen and oxygen atoms in total. The normalized spacial score (nSPS) is 14.6. The summed E-state index contributed by atoms with van der Waals surface area (Å²) < 4.78 is 14.9. The molecule has 10 heteroatoms. The first-order chi connectivity index (χ1) is 17.4. The Morgan fingerprint density at radius 2 is 1.81 bits per heavy atom. The van der Waals surface area contributed by atoms with Gasteiger partial charge in [0.15, 0.2) is 12.4 Å². The number of ether oxygens (including phenoxy) is 2. The van der Waals surface area contributed by atoms with Gasteiger partial charge in [0.05, 0.1) is 22.9 Å². The first-order valence-corrected chi connectivity index (χ1v) is 14.9. The highest BCUT2D eigenvalue weighted by Crippen LogP contribution is 2.40. The van der Waals surface area contributed by atoms with E-state index in [1.54, 1.807) is 53.6 Å². The van der Waals surface area contributed by atoms with Gasteiger partial charge in [-0.1, -0.05) is 13.8 Å². The zero-order valence-electron chi connectivity index (χ0n) is 20.9. The van der Waals surface area contributed by atoms with E-state index in [1.807, 2.05) is 26.2 Å². The van der Waals surface area contributed by atoms with Crippen LogP contribution in [0, 0.1) is 0 Å². The van der Waals surface area contributed by atoms with Crippen LogP contribution in [-0.2, 0) is 14.3 Å². The maximum atomic E-state index is 13.3. The molecule has 0 spiro atoms. The molecule has 192 valence electrons. The van der Waals surface area contributed by atoms with Crippen LogP contribution in [0.4, 0.5) is 0 Å². The van der Waals surface area contributed by atoms with Crippen LogP contribution in [-0.4, -0.2) is 72.5 Å². The number of thioether (sulfide) groups is 2. The minimum Gasteiger partial charge on any atom is -0.480 e. The maximum absolute atomic E-state index is 13.3. The summed E-state index contributed by atoms with van der Waals surface area (Å²) in [6.07, 6.45) is 6.13. The van der Waals surface area contributed by atoms with E-state index in [-0.39, 0.29) is 31.4 Å². The van der Waals surface area contributed by atoms with Crippen molar-refractivity contribution in [2.75, 3.05) is 44.1 Å². The Balaban J connectivity index is 1.79. The number of rotatable bonds is 12. The van der Waals surface area contributed by atoms with E-state index < -0.39 is 5.97 Å². The molecule has 1 aliphatic heterocycles. The molecule has 0 radical (unpaired) electrons. The average Bonchev–Trinajstić information content (AvgIpc) is 3.16. The summed E-state index contributed by atoms with van der Waals surface area (Å²) in [5.74, 6) is 4.41. The van der Waals surface area contributed by atoms with E-state index in [4.69, 9.17) is 9.47 Å². The van der Waals surface area contributed by atoms with Gasteiger partial charge in [-0.2, -0.15) is 4.40 Å². The third-order valence-electron chi connectivity index (χ3n) is 5.33. The van der Waals surface area contributed by atoms with Crippen LogP contribution in [0.3, 0.4) is 0 Å². The molecule has 0 atom stereocenters. The molecule has 1 aromatic carbocycles. The van der Waals surface area contributed by atoms with Crippen molar-refractivity contribution in [1.82, 2.24) is 4.90 Å². The number of hydrogen-bond acceptors (Lipinski definition) is 9. The monoisotopic (exact) mass is 546 g/mol. The quantitative estimate of drug-likeness (QED) is 0.119. The van der Waals surface area contributed by atoms with Gasteiger partial charge in [0.25, 0.3) is 5.91 Å². The fourth-order valence-corrected chi connectivity index (χ4v) is 5.75. The van der Waals surface area contributed by atoms with Crippen LogP contribution < -0.4 is 4.74 Å². The Bertz CT molecular complexity index is 1130. The Hall–Kier alpha value is -2.39. The molecule has 0 saturated heterocycles. The molecule has 0 aromatic heterocycles. The van der Waals surface area contributed by atoms with Crippen molar-refractivity contribution in [2.45, 2.75) is 37.0 Å². The second-order valence-corrected chi connectivity index (χ2v) is 10.9. The lowest BCUT2D eigenvalue weighted by Crippen LogP contribution is -2.32. The van der Waals surface area contributed by atoms with Crippen molar-refractivity contribution in [3.05, 3.63) is 46.6 Å². The second kappa shape index (κ2) is 13.8. The lowest BCUT2D eigenvalue weighted by atomic mass is 9.97. The minimum atomic E-state index is -0.437. The topological polar surface area (TPSA) is 85.3 Å². The number of Topliss-reactive ketones (excluding diaryl/α,β-unsaturated/α-hetero) is 1. The van der Waals surface area contributed by atoms with Gasteiger partial charge in [-0.15, -0.1) is 23.5 Å². The fraction of sp³-hybridized carbons (Fsp3) is 0.423. The first-order valence-electron chi connectivity index (χ1n) is 11.7. The summed E-state index contributed by atoms with van der Waals surface area (Å²) in [4.78, 5) is 41.3. The van der Waals surface area contributed by atoms with Crippen LogP contribution in [0.25, 0.3) is 0 Å². The molecule has 36 heavy (non-hydrogen) atoms. The van der Waals surface area contributed by atoms with Gasteiger partial charge in [-0.3, -0.25) is 9.59 Å². The fourth-order valence-electron chi connectivity index (χ4n) is 3.83. The lowest BCUT2D eigenvalue weighted by molar-refractivity contribution is -0.145. The van der Waals surface area contributed by atoms with Crippen LogP contribution in [0.15, 0.2) is 55.2 Å². The Labute approximate surface area is 225 Å². The molecule has 1 amide bonds. The summed E-state index contributed by atoms with van der Waals surface area (Å²) in [5.41, 5.74) is 3.09. The summed E-state index contributed by atoms with van der Waals surface area (Å²) >= 11 is 4.42. The zero-order valence-corrected chi connectivity index (χ0v) is 23.4. The molecule has 0 unspecified atom stereocenters. The van der Waals surface area contributed by atoms with Gasteiger partial charge in [-0.05, 0) is 66.1 Å². The third kappa shape index (κ3) is 7.09. The number of esters is 1. The van der Waals surface area contributed by atoms with Gasteiger partial charge in [-0.25, -0.2) is 4.79 Å². The summed E-state index contributed by atoms with van der Waals surface area (Å²) in [6, 6.07) is 3.59. The van der Waals surface area contributed by atoms with E-state index in [0.29, 0.717) is 29.9 Å². The Morgan fingerprint density at radius 3 is 2.42 bits per heavy atom. The number of carbonyl (C=O) groups excluding carboxylic acids is 3. The highest BCUT2D eigenvalue weighted by Gasteiger charge is 2.32. The van der Waals surface area contributed by atoms with Crippen LogP contribution in [0.2, 0.25) is 0 Å². The van der Waals surface area contributed by atoms with E-state index >= 15 is 0 Å². The van der Waals surface area contributed by atoms with Gasteiger partial charge >= 0.3 is 5.97 Å². The second-order valence-electron chi connectivity index (χ2n) is 7.78. The average molecular weight is 547 g/mol. The standard InChI is InChI=1S/C26H30N2O5S3/c1-5-32-24(30)16-33-25-22(35-6-2)11-18(12-23(25)36-7-3)21(29)15-28-14-19-10-17(13-27-34-4)8-9-20(19)26(28)31/h8-9,11-12H,5-7,10,14-16H2,1-4H3. The number of hydrogen-bond donors (Lipinski definition) is 0. The number of benzene rings is 1. The smallest absolute Gasteiger partial charge is 0.344 e. The van der Waals surface area contributed by atoms with E-state index in [0.717, 1.165) is 32.4 Å². The SMILES string of the molecule is CCOC(=O)COc1c(SCC)cc(C(=O)CN2CC3=C(C=CC(=C=NSC)C3)C2=O)cc1SCC. The van der Waals surface area contributed by atoms with Crippen molar-refractivity contribution in [2.24, 2.45) is 4.40 Å². The lowest BCUT2D eigenvalue weighted by Gasteiger charge is -2.19. The summed E-state index contributed by atoms with van der Waals surface area (Å²) in [7, 11) is 0. The zero-order chi connectivity index (χ0) is 26.1. The number of amides is 1. The van der Waals surface area contributed by atoms with Crippen LogP contribution in [0.5, 0.6) is 5.75 Å². The van der Waals surface area contributed by atoms with Gasteiger partial charge in [0.1, 0.15) is 5.75 Å². The molecule has 1 heterocycles. The largest absolute Gasteiger partial charge is 0.480 e. The van der Waals surface area contributed by atoms with Crippen molar-refractivity contribution >= 4 is 59.0 Å². The maximum Gasteiger partial charge on any atom is 0.344 e. The molecule has 3 rings (SSSR count). The molecule has 1 aromatic rings. The number of carbonyl (C=O) groups is 3. The highest BCUT2D eigenvalue weighted by molar-refractivity contribution is 8.00. The molecule has 2 aliphatic rings. The molecule has 0 bridgehead atoms. The summed E-state index contributed by atoms with van der Waals surface area (Å²) in [5, 5.41) is 0. The molecule has 0 fully saturated rings. The van der Waals surface area contributed by atoms with Crippen molar-refractivity contribution < 1.29 is 23.9 Å². The molecular weight excluding hydrogens is 516 g/mol. The van der Waals surface area contributed by atoms with E-state index in [1.165, 1.54) is 11.9 Å². The number of allylic oxidation sites excluding steroid dienone is 2. The predicted octanol–water partition coefficient (Wildman–Crippen LogP) is 5.01. The Kier molecular flexibility index (Phi) is 10.8. The molecule has 1 aliphatic carbocycles. The van der Waals surface area contributed by atoms with Gasteiger partial charge in [0, 0.05) is 35.9 Å². The first kappa shape index (κ1) is 28.2. The van der Waals surface area contributed by atoms with Crippen molar-refractivity contribution in [3.63, 3.8) is 0 Å². The molecule has 0 saturated carbocycles. The van der Waals surface area contributed by atoms with Gasteiger partial charge in [0.2, 0.25) is 0 Å². The van der Waals surface area contributed by atoms with E-state index in [2.05, 4.69) is 10.3 Å². The van der Waals surface area contributed by atoms with Crippen molar-refractivity contribution in [1.29, 1.82) is 0 Å². The summed E-state index contributed by atoms with van der Waals surface area (Å²) in [6.45, 7) is 6.28. The number of ketones is 1. The third-order valence-corrected chi connectivity index (χ3v) is 7.41. The molecular formula is C26H30N2O5S3. The Morgan fingerprint density at radius 1 is 1.11 bits per heavy atom. The predicted molar refractivity (Wildman–Crippen MR) is 148 cm³/mol. The van der Waals surface area contributed by atoms with Crippen molar-refractivity contribution in [3.8, 4) is 5.75 Å². The van der Waals surface area contributed by atoms with Gasteiger partial charge < -0.3 is 14.4 Å².